The summed E-state index contributed by atoms with van der Waals surface area (Å²) >= 11 is 0. The average Bonchev–Trinajstić information content (AvgIpc) is 2.40. The molecule has 2 heteroatoms. The van der Waals surface area contributed by atoms with Crippen molar-refractivity contribution in [1.82, 2.24) is 4.90 Å². The monoisotopic (exact) mass is 275 g/mol. The molecule has 20 heavy (non-hydrogen) atoms. The van der Waals surface area contributed by atoms with Crippen molar-refractivity contribution in [3.8, 4) is 0 Å². The summed E-state index contributed by atoms with van der Waals surface area (Å²) in [4.78, 5) is 2.17. The first-order valence-electron chi connectivity index (χ1n) is 7.91. The molecule has 1 atom stereocenters. The molecule has 110 valence electrons. The largest absolute Gasteiger partial charge is 0.342 e. The summed E-state index contributed by atoms with van der Waals surface area (Å²) in [6.45, 7) is 8.49. The van der Waals surface area contributed by atoms with Crippen LogP contribution in [0.4, 0.5) is 4.39 Å². The number of hydrogen-bond acceptors (Lipinski definition) is 1. The lowest BCUT2D eigenvalue weighted by Crippen LogP contribution is -2.35. The Morgan fingerprint density at radius 2 is 2.15 bits per heavy atom. The summed E-state index contributed by atoms with van der Waals surface area (Å²) < 4.78 is 14.2. The van der Waals surface area contributed by atoms with Crippen LogP contribution in [-0.4, -0.2) is 10.9 Å². The second-order valence-corrected chi connectivity index (χ2v) is 5.75. The van der Waals surface area contributed by atoms with Gasteiger partial charge in [-0.25, -0.2) is 4.39 Å². The number of allylic oxidation sites excluding steroid dienone is 4. The average molecular weight is 275 g/mol. The Labute approximate surface area is 122 Å². The van der Waals surface area contributed by atoms with Crippen LogP contribution in [-0.2, 0) is 0 Å². The van der Waals surface area contributed by atoms with Gasteiger partial charge in [-0.15, -0.1) is 0 Å². The Morgan fingerprint density at radius 1 is 1.35 bits per heavy atom. The van der Waals surface area contributed by atoms with Gasteiger partial charge in [-0.05, 0) is 55.4 Å². The molecule has 1 aliphatic carbocycles. The van der Waals surface area contributed by atoms with Crippen molar-refractivity contribution < 1.29 is 4.39 Å². The number of rotatable bonds is 7. The molecule has 0 fully saturated rings. The molecule has 1 unspecified atom stereocenters. The Bertz CT molecular complexity index is 456. The van der Waals surface area contributed by atoms with Gasteiger partial charge in [0.25, 0.3) is 0 Å². The molecule has 0 aromatic carbocycles. The topological polar surface area (TPSA) is 3.24 Å². The molecule has 0 aromatic rings. The zero-order chi connectivity index (χ0) is 14.5. The maximum atomic E-state index is 14.2. The molecular formula is C18H26FN. The summed E-state index contributed by atoms with van der Waals surface area (Å²) in [5.41, 5.74) is 3.04. The lowest BCUT2D eigenvalue weighted by Gasteiger charge is -2.37. The molecule has 0 saturated heterocycles. The second kappa shape index (κ2) is 6.92. The van der Waals surface area contributed by atoms with E-state index < -0.39 is 0 Å². The van der Waals surface area contributed by atoms with E-state index in [4.69, 9.17) is 0 Å². The van der Waals surface area contributed by atoms with Crippen molar-refractivity contribution in [3.63, 3.8) is 0 Å². The van der Waals surface area contributed by atoms with Crippen LogP contribution in [0.3, 0.4) is 0 Å². The van der Waals surface area contributed by atoms with Gasteiger partial charge in [0, 0.05) is 11.9 Å². The Morgan fingerprint density at radius 3 is 2.70 bits per heavy atom. The number of nitrogens with zero attached hydrogens (tertiary/aromatic N) is 1. The van der Waals surface area contributed by atoms with Crippen LogP contribution < -0.4 is 0 Å². The highest BCUT2D eigenvalue weighted by Gasteiger charge is 2.24. The van der Waals surface area contributed by atoms with Crippen molar-refractivity contribution >= 4 is 0 Å². The molecule has 2 aliphatic rings. The minimum Gasteiger partial charge on any atom is -0.342 e. The van der Waals surface area contributed by atoms with Crippen LogP contribution in [0.2, 0.25) is 0 Å². The molecule has 0 amide bonds. The molecular weight excluding hydrogens is 249 g/mol. The lowest BCUT2D eigenvalue weighted by molar-refractivity contribution is 0.340. The highest BCUT2D eigenvalue weighted by Crippen LogP contribution is 2.35. The third-order valence-electron chi connectivity index (χ3n) is 4.34. The Balaban J connectivity index is 1.99. The van der Waals surface area contributed by atoms with E-state index in [1.54, 1.807) is 6.08 Å². The van der Waals surface area contributed by atoms with Crippen molar-refractivity contribution in [1.29, 1.82) is 0 Å². The molecule has 1 nitrogen and oxygen atoms in total. The van der Waals surface area contributed by atoms with Gasteiger partial charge in [0.15, 0.2) is 0 Å². The Kier molecular flexibility index (Phi) is 5.22. The molecule has 0 radical (unpaired) electrons. The van der Waals surface area contributed by atoms with E-state index in [1.165, 1.54) is 12.8 Å². The molecule has 0 bridgehead atoms. The number of unbranched alkanes of at least 4 members (excludes halogenated alkanes) is 2. The van der Waals surface area contributed by atoms with E-state index in [1.807, 2.05) is 0 Å². The first-order valence-corrected chi connectivity index (χ1v) is 7.91. The number of halogens is 1. The van der Waals surface area contributed by atoms with Crippen LogP contribution in [0, 0.1) is 0 Å². The summed E-state index contributed by atoms with van der Waals surface area (Å²) in [6, 6.07) is 0.446. The maximum absolute atomic E-state index is 14.2. The second-order valence-electron chi connectivity index (χ2n) is 5.75. The minimum atomic E-state index is -0.0129. The van der Waals surface area contributed by atoms with Gasteiger partial charge in [0.05, 0.1) is 6.04 Å². The Hall–Kier alpha value is -1.31. The van der Waals surface area contributed by atoms with E-state index in [2.05, 4.69) is 37.6 Å². The van der Waals surface area contributed by atoms with Crippen molar-refractivity contribution in [2.24, 2.45) is 0 Å². The highest BCUT2D eigenvalue weighted by molar-refractivity contribution is 5.41. The fraction of sp³-hybridized carbons (Fsp3) is 0.556. The summed E-state index contributed by atoms with van der Waals surface area (Å²) in [6.07, 6.45) is 13.2. The van der Waals surface area contributed by atoms with Crippen LogP contribution in [0.5, 0.6) is 0 Å². The fourth-order valence-corrected chi connectivity index (χ4v) is 2.88. The quantitative estimate of drug-likeness (QED) is 0.544. The SMILES string of the molecule is C=C(C1=CC(F)=C(CCCCC)CC1)N1C=CC1CC. The highest BCUT2D eigenvalue weighted by atomic mass is 19.1. The lowest BCUT2D eigenvalue weighted by atomic mass is 9.91. The first kappa shape index (κ1) is 15.1. The van der Waals surface area contributed by atoms with E-state index in [9.17, 15) is 4.39 Å². The summed E-state index contributed by atoms with van der Waals surface area (Å²) in [5.74, 6) is -0.0129. The molecule has 2 rings (SSSR count). The van der Waals surface area contributed by atoms with Crippen molar-refractivity contribution in [2.45, 2.75) is 64.8 Å². The van der Waals surface area contributed by atoms with Gasteiger partial charge in [-0.1, -0.05) is 33.3 Å². The zero-order valence-electron chi connectivity index (χ0n) is 12.8. The molecule has 1 heterocycles. The maximum Gasteiger partial charge on any atom is 0.122 e. The standard InChI is InChI=1S/C18H26FN/c1-4-6-7-8-15-9-10-16(13-18(15)19)14(3)20-12-11-17(20)5-2/h11-13,17H,3-10H2,1-2H3. The normalized spacial score (nSPS) is 21.9. The fourth-order valence-electron chi connectivity index (χ4n) is 2.88. The molecule has 0 aromatic heterocycles. The molecule has 0 saturated carbocycles. The summed E-state index contributed by atoms with van der Waals surface area (Å²) in [5, 5.41) is 0. The summed E-state index contributed by atoms with van der Waals surface area (Å²) in [7, 11) is 0. The van der Waals surface area contributed by atoms with Crippen LogP contribution in [0.15, 0.2) is 47.6 Å². The third kappa shape index (κ3) is 3.23. The van der Waals surface area contributed by atoms with E-state index in [-0.39, 0.29) is 5.83 Å². The van der Waals surface area contributed by atoms with Crippen LogP contribution >= 0.6 is 0 Å². The van der Waals surface area contributed by atoms with Crippen molar-refractivity contribution in [2.75, 3.05) is 0 Å². The van der Waals surface area contributed by atoms with Gasteiger partial charge in [-0.3, -0.25) is 0 Å². The van der Waals surface area contributed by atoms with Crippen molar-refractivity contribution in [3.05, 3.63) is 47.6 Å². The van der Waals surface area contributed by atoms with Gasteiger partial charge in [-0.2, -0.15) is 0 Å². The van der Waals surface area contributed by atoms with E-state index in [0.717, 1.165) is 48.9 Å². The van der Waals surface area contributed by atoms with Gasteiger partial charge in [0.1, 0.15) is 5.83 Å². The van der Waals surface area contributed by atoms with E-state index in [0.29, 0.717) is 6.04 Å². The molecule has 0 N–H and O–H groups in total. The zero-order valence-corrected chi connectivity index (χ0v) is 12.8. The van der Waals surface area contributed by atoms with Gasteiger partial charge >= 0.3 is 0 Å². The predicted octanol–water partition coefficient (Wildman–Crippen LogP) is 5.63. The first-order chi connectivity index (χ1) is 9.67. The number of hydrogen-bond donors (Lipinski definition) is 0. The van der Waals surface area contributed by atoms with Gasteiger partial charge in [0.2, 0.25) is 0 Å². The van der Waals surface area contributed by atoms with Gasteiger partial charge < -0.3 is 4.90 Å². The van der Waals surface area contributed by atoms with Crippen LogP contribution in [0.1, 0.15) is 58.8 Å². The van der Waals surface area contributed by atoms with Crippen LogP contribution in [0.25, 0.3) is 0 Å². The molecule has 1 aliphatic heterocycles. The van der Waals surface area contributed by atoms with E-state index >= 15 is 0 Å². The third-order valence-corrected chi connectivity index (χ3v) is 4.34. The predicted molar refractivity (Wildman–Crippen MR) is 83.8 cm³/mol. The molecule has 0 spiro atoms. The smallest absolute Gasteiger partial charge is 0.122 e. The minimum absolute atomic E-state index is 0.0129.